The number of carbonyl (C=O) groups is 1. The van der Waals surface area contributed by atoms with Gasteiger partial charge in [0, 0.05) is 35.8 Å². The molecule has 0 spiro atoms. The van der Waals surface area contributed by atoms with Gasteiger partial charge >= 0.3 is 12.4 Å². The topological polar surface area (TPSA) is 112 Å². The van der Waals surface area contributed by atoms with E-state index in [1.807, 2.05) is 0 Å². The van der Waals surface area contributed by atoms with Crippen LogP contribution in [0.2, 0.25) is 5.02 Å². The molecule has 0 bridgehead atoms. The lowest BCUT2D eigenvalue weighted by Crippen LogP contribution is -2.38. The SMILES string of the molecule is CSNc1nn(CC(F)(F)F)c2c(-n3c(C(Cc4cc(F)cc(F)c4)NC(=O)Cn4nc(C(F)(F)F)c5c4C(F)(F)C4CC54)nc4cc(-c5ccccc5F)ccc4c3=O)ccc(Cl)c12. The van der Waals surface area contributed by atoms with Crippen LogP contribution < -0.4 is 15.6 Å². The Morgan fingerprint density at radius 1 is 0.954 bits per heavy atom. The zero-order chi connectivity index (χ0) is 46.5. The molecule has 7 aromatic rings. The number of fused-ring (bicyclic) bond motifs is 5. The van der Waals surface area contributed by atoms with Crippen molar-refractivity contribution in [1.29, 1.82) is 0 Å². The molecule has 23 heteroatoms. The van der Waals surface area contributed by atoms with E-state index < -0.39 is 107 Å². The number of aromatic nitrogens is 6. The molecule has 9 rings (SSSR count). The number of hydrogen-bond donors (Lipinski definition) is 2. The molecule has 0 saturated heterocycles. The second-order valence-electron chi connectivity index (χ2n) is 15.5. The largest absolute Gasteiger partial charge is 0.435 e. The first-order chi connectivity index (χ1) is 30.6. The van der Waals surface area contributed by atoms with E-state index in [0.717, 1.165) is 34.7 Å². The molecule has 1 amide bonds. The summed E-state index contributed by atoms with van der Waals surface area (Å²) in [6, 6.07) is 12.3. The minimum atomic E-state index is -5.18. The maximum absolute atomic E-state index is 15.5. The zero-order valence-electron chi connectivity index (χ0n) is 32.9. The van der Waals surface area contributed by atoms with Gasteiger partial charge in [-0.2, -0.15) is 45.3 Å². The van der Waals surface area contributed by atoms with Crippen molar-refractivity contribution in [1.82, 2.24) is 34.4 Å². The van der Waals surface area contributed by atoms with E-state index in [0.29, 0.717) is 10.7 Å². The molecule has 3 heterocycles. The van der Waals surface area contributed by atoms with Crippen LogP contribution in [0.4, 0.5) is 54.1 Å². The van der Waals surface area contributed by atoms with Gasteiger partial charge in [-0.25, -0.2) is 18.2 Å². The fourth-order valence-electron chi connectivity index (χ4n) is 8.57. The number of anilines is 1. The van der Waals surface area contributed by atoms with Gasteiger partial charge in [-0.3, -0.25) is 23.5 Å². The van der Waals surface area contributed by atoms with Crippen LogP contribution in [0.5, 0.6) is 0 Å². The molecular formula is C42H28ClF11N8O2S. The van der Waals surface area contributed by atoms with Crippen LogP contribution in [0.15, 0.2) is 77.6 Å². The minimum absolute atomic E-state index is 0.0609. The third-order valence-electron chi connectivity index (χ3n) is 11.2. The van der Waals surface area contributed by atoms with Crippen LogP contribution in [0.25, 0.3) is 38.6 Å². The Bertz CT molecular complexity index is 3130. The van der Waals surface area contributed by atoms with E-state index in [1.165, 1.54) is 48.5 Å². The first-order valence-corrected chi connectivity index (χ1v) is 20.9. The van der Waals surface area contributed by atoms with E-state index >= 15 is 18.0 Å². The molecule has 2 aliphatic rings. The smallest absolute Gasteiger partial charge is 0.344 e. The highest BCUT2D eigenvalue weighted by Gasteiger charge is 2.68. The fraction of sp³-hybridized carbons (Fsp3) is 0.262. The van der Waals surface area contributed by atoms with Crippen molar-refractivity contribution < 1.29 is 53.1 Å². The van der Waals surface area contributed by atoms with Crippen LogP contribution in [0.3, 0.4) is 0 Å². The molecular weight excluding hydrogens is 925 g/mol. The maximum atomic E-state index is 15.5. The second kappa shape index (κ2) is 15.8. The number of hydrogen-bond acceptors (Lipinski definition) is 7. The van der Waals surface area contributed by atoms with E-state index in [2.05, 4.69) is 25.2 Å². The molecule has 2 N–H and O–H groups in total. The van der Waals surface area contributed by atoms with Crippen molar-refractivity contribution in [2.45, 2.75) is 56.2 Å². The number of alkyl halides is 8. The lowest BCUT2D eigenvalue weighted by Gasteiger charge is -2.24. The summed E-state index contributed by atoms with van der Waals surface area (Å²) in [5, 5.41) is 9.52. The quantitative estimate of drug-likeness (QED) is 0.0981. The predicted molar refractivity (Wildman–Crippen MR) is 217 cm³/mol. The average molecular weight is 953 g/mol. The number of nitrogens with one attached hydrogen (secondary N) is 2. The molecule has 1 fully saturated rings. The molecule has 3 aromatic heterocycles. The lowest BCUT2D eigenvalue weighted by molar-refractivity contribution is -0.142. The maximum Gasteiger partial charge on any atom is 0.435 e. The molecule has 10 nitrogen and oxygen atoms in total. The number of amides is 1. The Morgan fingerprint density at radius 3 is 2.35 bits per heavy atom. The van der Waals surface area contributed by atoms with Gasteiger partial charge in [0.1, 0.15) is 42.1 Å². The first-order valence-electron chi connectivity index (χ1n) is 19.3. The third kappa shape index (κ3) is 7.93. The fourth-order valence-corrected chi connectivity index (χ4v) is 9.15. The summed E-state index contributed by atoms with van der Waals surface area (Å²) in [6.45, 7) is -2.98. The summed E-state index contributed by atoms with van der Waals surface area (Å²) in [5.74, 6) is -11.2. The molecule has 3 unspecified atom stereocenters. The van der Waals surface area contributed by atoms with Crippen molar-refractivity contribution in [3.63, 3.8) is 0 Å². The van der Waals surface area contributed by atoms with Crippen molar-refractivity contribution >= 4 is 57.1 Å². The minimum Gasteiger partial charge on any atom is -0.344 e. The summed E-state index contributed by atoms with van der Waals surface area (Å²) in [6.07, 6.45) is -9.43. The monoisotopic (exact) mass is 952 g/mol. The van der Waals surface area contributed by atoms with Gasteiger partial charge in [0.2, 0.25) is 5.91 Å². The highest BCUT2D eigenvalue weighted by molar-refractivity contribution is 7.99. The van der Waals surface area contributed by atoms with Gasteiger partial charge in [0.05, 0.1) is 38.6 Å². The first kappa shape index (κ1) is 44.1. The van der Waals surface area contributed by atoms with Gasteiger partial charge in [-0.1, -0.05) is 47.8 Å². The van der Waals surface area contributed by atoms with E-state index in [4.69, 9.17) is 11.6 Å². The van der Waals surface area contributed by atoms with Crippen LogP contribution in [-0.2, 0) is 36.4 Å². The highest BCUT2D eigenvalue weighted by atomic mass is 35.5. The summed E-state index contributed by atoms with van der Waals surface area (Å²) in [7, 11) is 0. The molecule has 3 atom stereocenters. The average Bonchev–Trinajstić information content (AvgIpc) is 3.73. The number of benzene rings is 4. The van der Waals surface area contributed by atoms with E-state index in [9.17, 15) is 39.9 Å². The molecule has 65 heavy (non-hydrogen) atoms. The molecule has 4 aromatic carbocycles. The van der Waals surface area contributed by atoms with Crippen molar-refractivity contribution in [3.05, 3.63) is 134 Å². The number of nitrogens with zero attached hydrogens (tertiary/aromatic N) is 6. The molecule has 1 saturated carbocycles. The molecule has 2 aliphatic carbocycles. The predicted octanol–water partition coefficient (Wildman–Crippen LogP) is 10.2. The molecule has 338 valence electrons. The summed E-state index contributed by atoms with van der Waals surface area (Å²) in [4.78, 5) is 33.8. The number of carbonyl (C=O) groups excluding carboxylic acids is 1. The van der Waals surface area contributed by atoms with Crippen molar-refractivity contribution in [2.75, 3.05) is 11.0 Å². The van der Waals surface area contributed by atoms with Gasteiger partial charge in [-0.15, -0.1) is 0 Å². The van der Waals surface area contributed by atoms with Crippen LogP contribution in [0, 0.1) is 23.4 Å². The van der Waals surface area contributed by atoms with Gasteiger partial charge in [0.15, 0.2) is 11.5 Å². The Labute approximate surface area is 367 Å². The van der Waals surface area contributed by atoms with Crippen LogP contribution in [-0.4, -0.2) is 47.5 Å². The Hall–Kier alpha value is -6.16. The standard InChI is InChI=1S/C42H28ClF11N8O2S/c1-65-59-37-33-26(43)8-9-30(34(33)61(58-37)17-40(47,48)49)62-38(56-28-13-19(6-7-23(28)39(62)64)22-4-2-3-5-27(22)46)29(12-18-10-20(44)14-21(45)11-18)55-31(63)16-60-36-32(35(57-60)42(52,53)54)24-15-25(24)41(36,50)51/h2-11,13-14,24-25,29H,12,15-17H2,1H3,(H,55,63)(H,58,59). The number of rotatable bonds is 11. The Kier molecular flexibility index (Phi) is 10.7. The Balaban J connectivity index is 1.28. The number of halogens is 12. The second-order valence-corrected chi connectivity index (χ2v) is 16.5. The van der Waals surface area contributed by atoms with Gasteiger partial charge in [-0.05, 0) is 65.9 Å². The summed E-state index contributed by atoms with van der Waals surface area (Å²) in [5.41, 5.74) is -5.30. The van der Waals surface area contributed by atoms with E-state index in [1.54, 1.807) is 6.26 Å². The van der Waals surface area contributed by atoms with E-state index in [-0.39, 0.29) is 66.1 Å². The van der Waals surface area contributed by atoms with Crippen LogP contribution >= 0.6 is 23.5 Å². The van der Waals surface area contributed by atoms with Gasteiger partial charge < -0.3 is 10.0 Å². The van der Waals surface area contributed by atoms with Crippen LogP contribution in [0.1, 0.15) is 46.7 Å². The highest BCUT2D eigenvalue weighted by Crippen LogP contribution is 2.68. The lowest BCUT2D eigenvalue weighted by atomic mass is 10.0. The molecule has 0 aliphatic heterocycles. The zero-order valence-corrected chi connectivity index (χ0v) is 34.5. The molecule has 0 radical (unpaired) electrons. The summed E-state index contributed by atoms with van der Waals surface area (Å²) < 4.78 is 165. The van der Waals surface area contributed by atoms with Crippen molar-refractivity contribution in [3.8, 4) is 16.8 Å². The van der Waals surface area contributed by atoms with Crippen molar-refractivity contribution in [2.24, 2.45) is 5.92 Å². The third-order valence-corrected chi connectivity index (χ3v) is 11.9. The Morgan fingerprint density at radius 2 is 1.68 bits per heavy atom. The van der Waals surface area contributed by atoms with Gasteiger partial charge in [0.25, 0.3) is 11.5 Å². The normalized spacial score (nSPS) is 17.1. The summed E-state index contributed by atoms with van der Waals surface area (Å²) >= 11 is 7.52.